The van der Waals surface area contributed by atoms with Crippen LogP contribution in [0.1, 0.15) is 13.3 Å². The van der Waals surface area contributed by atoms with E-state index in [2.05, 4.69) is 12.0 Å². The van der Waals surface area contributed by atoms with Crippen LogP contribution in [-0.2, 0) is 32.8 Å². The van der Waals surface area contributed by atoms with Crippen LogP contribution in [0.5, 0.6) is 0 Å². The smallest absolute Gasteiger partial charge is 0.340 e. The van der Waals surface area contributed by atoms with Crippen molar-refractivity contribution in [1.29, 1.82) is 0 Å². The number of rotatable bonds is 1. The van der Waals surface area contributed by atoms with Gasteiger partial charge in [-0.15, -0.1) is 3.63 Å². The molecule has 0 aromatic rings. The summed E-state index contributed by atoms with van der Waals surface area (Å²) in [4.78, 5) is 0. The van der Waals surface area contributed by atoms with Crippen molar-refractivity contribution in [2.24, 2.45) is 0 Å². The van der Waals surface area contributed by atoms with Gasteiger partial charge in [0.25, 0.3) is 0 Å². The molecule has 0 spiro atoms. The van der Waals surface area contributed by atoms with Crippen molar-refractivity contribution < 1.29 is 39.0 Å². The van der Waals surface area contributed by atoms with E-state index in [-0.39, 0.29) is 6.42 Å². The van der Waals surface area contributed by atoms with E-state index in [1.165, 1.54) is 6.92 Å². The highest BCUT2D eigenvalue weighted by atomic mass is 32.3. The zero-order valence-corrected chi connectivity index (χ0v) is 8.99. The first-order valence-electron chi connectivity index (χ1n) is 3.62. The lowest BCUT2D eigenvalue weighted by molar-refractivity contribution is -0.328. The van der Waals surface area contributed by atoms with Crippen molar-refractivity contribution >= 4 is 20.8 Å². The van der Waals surface area contributed by atoms with Crippen LogP contribution in [0.15, 0.2) is 0 Å². The summed E-state index contributed by atoms with van der Waals surface area (Å²) < 4.78 is 54.3. The summed E-state index contributed by atoms with van der Waals surface area (Å²) in [5, 5.41) is 18.1. The summed E-state index contributed by atoms with van der Waals surface area (Å²) >= 11 is 0. The molecule has 2 N–H and O–H groups in total. The van der Waals surface area contributed by atoms with E-state index in [0.717, 1.165) is 0 Å². The fourth-order valence-electron chi connectivity index (χ4n) is 0.875. The third-order valence-electron chi connectivity index (χ3n) is 1.42. The predicted octanol–water partition coefficient (Wildman–Crippen LogP) is -2.04. The lowest BCUT2D eigenvalue weighted by atomic mass is 10.2. The molecule has 1 heterocycles. The van der Waals surface area contributed by atoms with E-state index in [9.17, 15) is 16.8 Å². The Labute approximate surface area is 85.8 Å². The van der Waals surface area contributed by atoms with Crippen LogP contribution in [0.25, 0.3) is 0 Å². The molecule has 1 rings (SSSR count). The number of aliphatic hydroxyl groups is 2. The first-order chi connectivity index (χ1) is 6.58. The Kier molecular flexibility index (Phi) is 3.08. The molecule has 0 saturated carbocycles. The van der Waals surface area contributed by atoms with Gasteiger partial charge in [-0.3, -0.25) is 0 Å². The van der Waals surface area contributed by atoms with Crippen LogP contribution in [0, 0.1) is 0 Å². The Hall–Kier alpha value is -0.300. The molecule has 1 aliphatic rings. The molecule has 0 amide bonds. The highest BCUT2D eigenvalue weighted by Crippen LogP contribution is 2.26. The highest BCUT2D eigenvalue weighted by Gasteiger charge is 2.49. The highest BCUT2D eigenvalue weighted by molar-refractivity contribution is 7.95. The van der Waals surface area contributed by atoms with Gasteiger partial charge in [-0.05, 0) is 6.42 Å². The molecule has 9 nitrogen and oxygen atoms in total. The van der Waals surface area contributed by atoms with E-state index in [0.29, 0.717) is 0 Å². The van der Waals surface area contributed by atoms with Crippen molar-refractivity contribution in [3.63, 3.8) is 0 Å². The Morgan fingerprint density at radius 2 is 1.73 bits per heavy atom. The molecule has 0 radical (unpaired) electrons. The average Bonchev–Trinajstić information content (AvgIpc) is 1.99. The van der Waals surface area contributed by atoms with E-state index in [1.54, 1.807) is 0 Å². The lowest BCUT2D eigenvalue weighted by Crippen LogP contribution is -2.45. The summed E-state index contributed by atoms with van der Waals surface area (Å²) in [5.74, 6) is -3.29. The van der Waals surface area contributed by atoms with Gasteiger partial charge in [0, 0.05) is 0 Å². The number of hydrogen-bond acceptors (Lipinski definition) is 9. The van der Waals surface area contributed by atoms with Gasteiger partial charge < -0.3 is 10.2 Å². The molecule has 1 atom stereocenters. The van der Waals surface area contributed by atoms with Crippen LogP contribution < -0.4 is 0 Å². The monoisotopic (exact) mass is 264 g/mol. The first-order valence-corrected chi connectivity index (χ1v) is 6.29. The molecular formula is C4H8O9S2. The molecule has 1 aliphatic heterocycles. The minimum atomic E-state index is -5.09. The molecule has 0 aromatic heterocycles. The second-order valence-electron chi connectivity index (χ2n) is 2.62. The van der Waals surface area contributed by atoms with Crippen LogP contribution in [0.3, 0.4) is 0 Å². The Morgan fingerprint density at radius 1 is 1.20 bits per heavy atom. The minimum Gasteiger partial charge on any atom is -0.340 e. The second kappa shape index (κ2) is 3.62. The quantitative estimate of drug-likeness (QED) is 0.513. The SMILES string of the molecule is CCC1OS(=O)(=O)OS(=O)(=O)OC1(O)O. The topological polar surface area (TPSA) is 136 Å². The van der Waals surface area contributed by atoms with Gasteiger partial charge in [-0.25, -0.2) is 4.18 Å². The lowest BCUT2D eigenvalue weighted by Gasteiger charge is -2.23. The van der Waals surface area contributed by atoms with Crippen molar-refractivity contribution in [2.45, 2.75) is 25.4 Å². The van der Waals surface area contributed by atoms with E-state index in [1.807, 2.05) is 0 Å². The first kappa shape index (κ1) is 12.8. The van der Waals surface area contributed by atoms with Gasteiger partial charge in [0.2, 0.25) is 0 Å². The summed E-state index contributed by atoms with van der Waals surface area (Å²) in [5.41, 5.74) is 0. The molecule has 1 unspecified atom stereocenters. The van der Waals surface area contributed by atoms with Crippen LogP contribution in [0.4, 0.5) is 0 Å². The molecule has 0 bridgehead atoms. The van der Waals surface area contributed by atoms with Gasteiger partial charge in [0.15, 0.2) is 6.10 Å². The molecular weight excluding hydrogens is 256 g/mol. The van der Waals surface area contributed by atoms with Gasteiger partial charge >= 0.3 is 26.8 Å². The van der Waals surface area contributed by atoms with Gasteiger partial charge in [-0.1, -0.05) is 6.92 Å². The summed E-state index contributed by atoms with van der Waals surface area (Å²) in [7, 11) is -9.98. The molecule has 0 aliphatic carbocycles. The minimum absolute atomic E-state index is 0.231. The second-order valence-corrected chi connectivity index (χ2v) is 5.16. The third-order valence-corrected chi connectivity index (χ3v) is 3.67. The Morgan fingerprint density at radius 3 is 2.20 bits per heavy atom. The fourth-order valence-corrected chi connectivity index (χ4v) is 2.88. The largest absolute Gasteiger partial charge is 0.420 e. The molecule has 90 valence electrons. The molecule has 11 heteroatoms. The normalized spacial score (nSPS) is 33.1. The Balaban J connectivity index is 3.21. The van der Waals surface area contributed by atoms with Crippen LogP contribution in [0.2, 0.25) is 0 Å². The fraction of sp³-hybridized carbons (Fsp3) is 1.00. The Bertz CT molecular complexity index is 431. The standard InChI is InChI=1S/C4H8O9S2/c1-2-3-4(5,6)12-15(9,10)13-14(7,8)11-3/h3,5-6H,2H2,1H3. The van der Waals surface area contributed by atoms with Gasteiger partial charge in [-0.2, -0.15) is 21.0 Å². The van der Waals surface area contributed by atoms with E-state index >= 15 is 0 Å². The van der Waals surface area contributed by atoms with E-state index < -0.39 is 32.9 Å². The molecule has 15 heavy (non-hydrogen) atoms. The maximum Gasteiger partial charge on any atom is 0.420 e. The average molecular weight is 264 g/mol. The van der Waals surface area contributed by atoms with Crippen molar-refractivity contribution in [2.75, 3.05) is 0 Å². The summed E-state index contributed by atoms with van der Waals surface area (Å²) in [6, 6.07) is 0. The summed E-state index contributed by atoms with van der Waals surface area (Å²) in [6.07, 6.45) is -2.04. The molecule has 1 saturated heterocycles. The van der Waals surface area contributed by atoms with Crippen LogP contribution >= 0.6 is 0 Å². The maximum atomic E-state index is 10.8. The zero-order valence-electron chi connectivity index (χ0n) is 7.35. The van der Waals surface area contributed by atoms with E-state index in [4.69, 9.17) is 10.2 Å². The number of hydrogen-bond donors (Lipinski definition) is 2. The maximum absolute atomic E-state index is 10.8. The third kappa shape index (κ3) is 3.07. The summed E-state index contributed by atoms with van der Waals surface area (Å²) in [6.45, 7) is 1.32. The van der Waals surface area contributed by atoms with Gasteiger partial charge in [0.1, 0.15) is 0 Å². The zero-order chi connectivity index (χ0) is 11.9. The molecule has 0 aromatic carbocycles. The van der Waals surface area contributed by atoms with Crippen molar-refractivity contribution in [1.82, 2.24) is 0 Å². The van der Waals surface area contributed by atoms with Gasteiger partial charge in [0.05, 0.1) is 0 Å². The van der Waals surface area contributed by atoms with Crippen molar-refractivity contribution in [3.8, 4) is 0 Å². The van der Waals surface area contributed by atoms with Crippen LogP contribution in [-0.4, -0.2) is 39.1 Å². The predicted molar refractivity (Wildman–Crippen MR) is 42.3 cm³/mol. The molecule has 1 fully saturated rings. The van der Waals surface area contributed by atoms with Crippen molar-refractivity contribution in [3.05, 3.63) is 0 Å².